The van der Waals surface area contributed by atoms with E-state index in [1.165, 1.54) is 0 Å². The number of β-amino-alcohol motifs (C(OH)–C–C–N with tert-alkyl or cyclic N) is 1. The first-order valence-corrected chi connectivity index (χ1v) is 17.1. The third-order valence-corrected chi connectivity index (χ3v) is 9.65. The van der Waals surface area contributed by atoms with Crippen LogP contribution in [0.25, 0.3) is 32.9 Å². The first-order chi connectivity index (χ1) is 24.3. The van der Waals surface area contributed by atoms with Gasteiger partial charge in [0.15, 0.2) is 5.82 Å². The maximum absolute atomic E-state index is 10.8. The minimum atomic E-state index is -0.825. The number of hydrogen-bond donors (Lipinski definition) is 4. The van der Waals surface area contributed by atoms with Crippen molar-refractivity contribution < 1.29 is 15.0 Å². The number of rotatable bonds is 12. The van der Waals surface area contributed by atoms with Gasteiger partial charge in [0.2, 0.25) is 0 Å². The quantitative estimate of drug-likeness (QED) is 0.103. The van der Waals surface area contributed by atoms with Crippen molar-refractivity contribution in [1.82, 2.24) is 30.2 Å². The fraction of sp³-hybridized carbons (Fsp3) is 0.256. The normalized spacial score (nSPS) is 14.8. The first kappa shape index (κ1) is 33.5. The van der Waals surface area contributed by atoms with Gasteiger partial charge < -0.3 is 20.8 Å². The molecule has 1 aliphatic rings. The summed E-state index contributed by atoms with van der Waals surface area (Å²) in [6.07, 6.45) is 8.43. The van der Waals surface area contributed by atoms with Crippen LogP contribution in [-0.2, 0) is 24.3 Å². The number of likely N-dealkylation sites (tertiary alicyclic amines) is 1. The summed E-state index contributed by atoms with van der Waals surface area (Å²) in [4.78, 5) is 31.9. The molecular weight excluding hydrogens is 650 g/mol. The summed E-state index contributed by atoms with van der Waals surface area (Å²) in [5, 5.41) is 28.1. The van der Waals surface area contributed by atoms with E-state index in [9.17, 15) is 9.90 Å². The molecule has 7 rings (SSSR count). The summed E-state index contributed by atoms with van der Waals surface area (Å²) in [7, 11) is 0. The molecule has 10 nitrogen and oxygen atoms in total. The molecule has 1 fully saturated rings. The molecule has 4 N–H and O–H groups in total. The first-order valence-electron chi connectivity index (χ1n) is 16.8. The van der Waals surface area contributed by atoms with Gasteiger partial charge in [-0.3, -0.25) is 24.6 Å². The highest BCUT2D eigenvalue weighted by Crippen LogP contribution is 2.37. The molecule has 2 aromatic carbocycles. The Morgan fingerprint density at radius 1 is 0.940 bits per heavy atom. The SMILES string of the molecule is Cc1c(Nc2nccc3cc(CN4CC[C@@H](O)C4)cnc23)cccc1-c1cccc(Cc2nccc3cc(CNCCC(=O)O)cnc23)c1Cl. The standard InChI is InChI=1S/C39H38ClN7O3/c1-24-31(5-3-7-33(24)46-39-38-29(9-14-43-39)17-26(21-45-38)22-47-15-11-30(48)23-47)32-6-2-4-27(36(32)40)18-34-37-28(8-13-42-34)16-25(20-44-37)19-41-12-10-35(49)50/h2-9,13-14,16-17,20-21,30,41,48H,10-12,15,18-19,22-23H2,1H3,(H,43,46)(H,49,50)/t30-/m1/s1. The summed E-state index contributed by atoms with van der Waals surface area (Å²) in [5.74, 6) is -0.145. The van der Waals surface area contributed by atoms with E-state index >= 15 is 0 Å². The van der Waals surface area contributed by atoms with Crippen LogP contribution in [0.2, 0.25) is 5.02 Å². The number of hydrogen-bond acceptors (Lipinski definition) is 9. The van der Waals surface area contributed by atoms with Gasteiger partial charge in [0, 0.05) is 86.0 Å². The Bertz CT molecular complexity index is 2190. The van der Waals surface area contributed by atoms with Crippen molar-refractivity contribution in [2.45, 2.75) is 45.4 Å². The number of carbonyl (C=O) groups is 1. The number of benzene rings is 2. The third-order valence-electron chi connectivity index (χ3n) is 9.20. The zero-order chi connectivity index (χ0) is 34.6. The van der Waals surface area contributed by atoms with Gasteiger partial charge in [-0.25, -0.2) is 4.98 Å². The van der Waals surface area contributed by atoms with Crippen LogP contribution in [0.3, 0.4) is 0 Å². The second kappa shape index (κ2) is 14.9. The predicted octanol–water partition coefficient (Wildman–Crippen LogP) is 6.67. The lowest BCUT2D eigenvalue weighted by Gasteiger charge is -2.17. The molecule has 1 aliphatic heterocycles. The molecule has 11 heteroatoms. The van der Waals surface area contributed by atoms with Crippen LogP contribution in [-0.4, -0.2) is 66.8 Å². The van der Waals surface area contributed by atoms with Crippen LogP contribution >= 0.6 is 11.6 Å². The van der Waals surface area contributed by atoms with E-state index in [-0.39, 0.29) is 12.5 Å². The molecule has 6 aromatic rings. The average molecular weight is 688 g/mol. The Labute approximate surface area is 295 Å². The minimum absolute atomic E-state index is 0.0714. The number of nitrogens with one attached hydrogen (secondary N) is 2. The molecule has 0 saturated carbocycles. The largest absolute Gasteiger partial charge is 0.481 e. The molecule has 0 unspecified atom stereocenters. The van der Waals surface area contributed by atoms with Gasteiger partial charge in [0.1, 0.15) is 5.52 Å². The Morgan fingerprint density at radius 2 is 1.68 bits per heavy atom. The number of aliphatic hydroxyl groups is 1. The Hall–Kier alpha value is -5.00. The van der Waals surface area contributed by atoms with Crippen LogP contribution in [0.4, 0.5) is 11.5 Å². The number of aliphatic hydroxyl groups excluding tert-OH is 1. The second-order valence-electron chi connectivity index (χ2n) is 12.8. The summed E-state index contributed by atoms with van der Waals surface area (Å²) < 4.78 is 0. The Kier molecular flexibility index (Phi) is 9.95. The van der Waals surface area contributed by atoms with E-state index in [0.29, 0.717) is 36.9 Å². The monoisotopic (exact) mass is 687 g/mol. The van der Waals surface area contributed by atoms with Crippen LogP contribution in [0.15, 0.2) is 85.5 Å². The molecule has 0 aliphatic carbocycles. The number of carboxylic acids is 1. The summed E-state index contributed by atoms with van der Waals surface area (Å²) in [6.45, 7) is 5.35. The van der Waals surface area contributed by atoms with E-state index in [2.05, 4.69) is 50.6 Å². The van der Waals surface area contributed by atoms with Crippen molar-refractivity contribution in [3.8, 4) is 11.1 Å². The second-order valence-corrected chi connectivity index (χ2v) is 13.2. The number of aliphatic carboxylic acids is 1. The zero-order valence-electron chi connectivity index (χ0n) is 27.7. The number of halogens is 1. The third kappa shape index (κ3) is 7.44. The van der Waals surface area contributed by atoms with Crippen LogP contribution in [0.1, 0.15) is 40.8 Å². The molecule has 254 valence electrons. The number of carboxylic acid groups (broad SMARTS) is 1. The van der Waals surface area contributed by atoms with Gasteiger partial charge in [0.25, 0.3) is 0 Å². The highest BCUT2D eigenvalue weighted by molar-refractivity contribution is 6.34. The smallest absolute Gasteiger partial charge is 0.304 e. The van der Waals surface area contributed by atoms with Gasteiger partial charge in [-0.15, -0.1) is 0 Å². The van der Waals surface area contributed by atoms with E-state index < -0.39 is 5.97 Å². The summed E-state index contributed by atoms with van der Waals surface area (Å²) in [6, 6.07) is 20.3. The lowest BCUT2D eigenvalue weighted by molar-refractivity contribution is -0.136. The van der Waals surface area contributed by atoms with Gasteiger partial charge in [-0.2, -0.15) is 0 Å². The fourth-order valence-corrected chi connectivity index (χ4v) is 6.91. The number of anilines is 2. The zero-order valence-corrected chi connectivity index (χ0v) is 28.5. The maximum atomic E-state index is 10.8. The van der Waals surface area contributed by atoms with Crippen molar-refractivity contribution in [2.75, 3.05) is 25.0 Å². The minimum Gasteiger partial charge on any atom is -0.481 e. The van der Waals surface area contributed by atoms with Crippen molar-refractivity contribution in [2.24, 2.45) is 0 Å². The van der Waals surface area contributed by atoms with Crippen molar-refractivity contribution in [3.63, 3.8) is 0 Å². The number of nitrogens with zero attached hydrogens (tertiary/aromatic N) is 5. The molecule has 1 saturated heterocycles. The van der Waals surface area contributed by atoms with E-state index in [0.717, 1.165) is 86.1 Å². The average Bonchev–Trinajstić information content (AvgIpc) is 3.52. The highest BCUT2D eigenvalue weighted by Gasteiger charge is 2.21. The molecule has 0 bridgehead atoms. The number of pyridine rings is 4. The molecule has 0 spiro atoms. The van der Waals surface area contributed by atoms with E-state index in [1.807, 2.05) is 48.7 Å². The maximum Gasteiger partial charge on any atom is 0.304 e. The van der Waals surface area contributed by atoms with Crippen LogP contribution in [0, 0.1) is 6.92 Å². The molecular formula is C39H38ClN7O3. The van der Waals surface area contributed by atoms with Gasteiger partial charge in [-0.1, -0.05) is 41.9 Å². The van der Waals surface area contributed by atoms with Crippen LogP contribution in [0.5, 0.6) is 0 Å². The van der Waals surface area contributed by atoms with E-state index in [4.69, 9.17) is 26.7 Å². The molecule has 0 amide bonds. The van der Waals surface area contributed by atoms with E-state index in [1.54, 1.807) is 18.6 Å². The summed E-state index contributed by atoms with van der Waals surface area (Å²) in [5.41, 5.74) is 9.34. The molecule has 50 heavy (non-hydrogen) atoms. The Balaban J connectivity index is 1.11. The predicted molar refractivity (Wildman–Crippen MR) is 197 cm³/mol. The van der Waals surface area contributed by atoms with Gasteiger partial charge in [0.05, 0.1) is 28.8 Å². The summed E-state index contributed by atoms with van der Waals surface area (Å²) >= 11 is 7.15. The number of fused-ring (bicyclic) bond motifs is 2. The van der Waals surface area contributed by atoms with Crippen molar-refractivity contribution in [3.05, 3.63) is 118 Å². The molecule has 4 aromatic heterocycles. The molecule has 1 atom stereocenters. The lowest BCUT2D eigenvalue weighted by atomic mass is 9.96. The lowest BCUT2D eigenvalue weighted by Crippen LogP contribution is -2.21. The van der Waals surface area contributed by atoms with Crippen molar-refractivity contribution >= 4 is 50.9 Å². The van der Waals surface area contributed by atoms with Crippen molar-refractivity contribution in [1.29, 1.82) is 0 Å². The highest BCUT2D eigenvalue weighted by atomic mass is 35.5. The fourth-order valence-electron chi connectivity index (χ4n) is 6.61. The number of aromatic nitrogens is 4. The molecule has 0 radical (unpaired) electrons. The van der Waals surface area contributed by atoms with Crippen LogP contribution < -0.4 is 10.6 Å². The van der Waals surface area contributed by atoms with Gasteiger partial charge >= 0.3 is 5.97 Å². The topological polar surface area (TPSA) is 136 Å². The molecule has 5 heterocycles. The van der Waals surface area contributed by atoms with Gasteiger partial charge in [-0.05, 0) is 71.5 Å². The Morgan fingerprint density at radius 3 is 2.50 bits per heavy atom.